The second kappa shape index (κ2) is 7.57. The highest BCUT2D eigenvalue weighted by Crippen LogP contribution is 2.29. The zero-order valence-electron chi connectivity index (χ0n) is 14.2. The van der Waals surface area contributed by atoms with Crippen molar-refractivity contribution in [2.24, 2.45) is 0 Å². The van der Waals surface area contributed by atoms with E-state index in [0.717, 1.165) is 30.5 Å². The molecule has 1 aliphatic rings. The van der Waals surface area contributed by atoms with Gasteiger partial charge in [0.1, 0.15) is 6.10 Å². The Morgan fingerprint density at radius 2 is 2.38 bits per heavy atom. The summed E-state index contributed by atoms with van der Waals surface area (Å²) >= 11 is 0. The lowest BCUT2D eigenvalue weighted by molar-refractivity contribution is -0.125. The van der Waals surface area contributed by atoms with Crippen LogP contribution in [0.4, 0.5) is 0 Å². The van der Waals surface area contributed by atoms with Crippen LogP contribution in [-0.2, 0) is 16.1 Å². The zero-order chi connectivity index (χ0) is 16.9. The van der Waals surface area contributed by atoms with Crippen LogP contribution in [0.1, 0.15) is 49.8 Å². The van der Waals surface area contributed by atoms with Gasteiger partial charge in [0.25, 0.3) is 0 Å². The molecule has 0 saturated carbocycles. The van der Waals surface area contributed by atoms with Crippen molar-refractivity contribution in [3.8, 4) is 0 Å². The van der Waals surface area contributed by atoms with E-state index in [4.69, 9.17) is 4.74 Å². The molecule has 6 nitrogen and oxygen atoms in total. The van der Waals surface area contributed by atoms with Crippen LogP contribution in [0.25, 0.3) is 0 Å². The first-order chi connectivity index (χ1) is 11.7. The molecule has 24 heavy (non-hydrogen) atoms. The van der Waals surface area contributed by atoms with Gasteiger partial charge in [0.15, 0.2) is 0 Å². The lowest BCUT2D eigenvalue weighted by Gasteiger charge is -2.32. The Hall–Kier alpha value is -2.21. The lowest BCUT2D eigenvalue weighted by Crippen LogP contribution is -2.44. The minimum Gasteiger partial charge on any atom is -0.371 e. The molecule has 0 bridgehead atoms. The minimum absolute atomic E-state index is 0.00591. The minimum atomic E-state index is -0.236. The molecule has 3 rings (SSSR count). The van der Waals surface area contributed by atoms with Crippen LogP contribution in [0.3, 0.4) is 0 Å². The maximum absolute atomic E-state index is 12.6. The summed E-state index contributed by atoms with van der Waals surface area (Å²) in [5, 5.41) is 7.49. The fourth-order valence-electron chi connectivity index (χ4n) is 3.05. The average molecular weight is 328 g/mol. The van der Waals surface area contributed by atoms with E-state index in [1.807, 2.05) is 43.1 Å². The summed E-state index contributed by atoms with van der Waals surface area (Å²) in [6.45, 7) is 5.49. The molecule has 1 aliphatic heterocycles. The Kier molecular flexibility index (Phi) is 5.25. The van der Waals surface area contributed by atoms with Gasteiger partial charge in [0.2, 0.25) is 5.91 Å². The van der Waals surface area contributed by atoms with Crippen molar-refractivity contribution < 1.29 is 9.53 Å². The quantitative estimate of drug-likeness (QED) is 0.915. The first-order valence-electron chi connectivity index (χ1n) is 8.53. The molecule has 2 aromatic rings. The Balaban J connectivity index is 1.70. The number of aromatic nitrogens is 3. The summed E-state index contributed by atoms with van der Waals surface area (Å²) < 4.78 is 7.82. The van der Waals surface area contributed by atoms with E-state index in [-0.39, 0.29) is 24.0 Å². The molecule has 3 heterocycles. The first-order valence-corrected chi connectivity index (χ1v) is 8.53. The molecule has 1 saturated heterocycles. The number of hydrogen-bond acceptors (Lipinski definition) is 4. The Morgan fingerprint density at radius 3 is 3.08 bits per heavy atom. The number of aryl methyl sites for hydroxylation is 1. The summed E-state index contributed by atoms with van der Waals surface area (Å²) in [5.41, 5.74) is 1.94. The van der Waals surface area contributed by atoms with Crippen LogP contribution in [-0.4, -0.2) is 33.3 Å². The van der Waals surface area contributed by atoms with E-state index in [2.05, 4.69) is 15.4 Å². The van der Waals surface area contributed by atoms with Crippen LogP contribution in [0.15, 0.2) is 36.9 Å². The van der Waals surface area contributed by atoms with Gasteiger partial charge in [-0.1, -0.05) is 6.07 Å². The van der Waals surface area contributed by atoms with Gasteiger partial charge in [-0.15, -0.1) is 0 Å². The lowest BCUT2D eigenvalue weighted by atomic mass is 9.96. The van der Waals surface area contributed by atoms with Crippen LogP contribution >= 0.6 is 0 Å². The fourth-order valence-corrected chi connectivity index (χ4v) is 3.05. The molecule has 2 aromatic heterocycles. The van der Waals surface area contributed by atoms with E-state index >= 15 is 0 Å². The smallest absolute Gasteiger partial charge is 0.227 e. The number of rotatable bonds is 5. The van der Waals surface area contributed by atoms with Gasteiger partial charge in [0.05, 0.1) is 18.2 Å². The monoisotopic (exact) mass is 328 g/mol. The van der Waals surface area contributed by atoms with E-state index in [1.54, 1.807) is 12.4 Å². The van der Waals surface area contributed by atoms with Gasteiger partial charge in [0, 0.05) is 37.3 Å². The molecule has 0 aromatic carbocycles. The molecule has 0 radical (unpaired) electrons. The topological polar surface area (TPSA) is 69.0 Å². The van der Waals surface area contributed by atoms with E-state index in [9.17, 15) is 4.79 Å². The van der Waals surface area contributed by atoms with E-state index in [0.29, 0.717) is 6.61 Å². The van der Waals surface area contributed by atoms with Gasteiger partial charge in [-0.05, 0) is 38.3 Å². The summed E-state index contributed by atoms with van der Waals surface area (Å²) in [6, 6.07) is 3.75. The molecule has 1 unspecified atom stereocenters. The highest BCUT2D eigenvalue weighted by Gasteiger charge is 2.31. The number of hydrogen-bond donors (Lipinski definition) is 1. The largest absolute Gasteiger partial charge is 0.371 e. The second-order valence-corrected chi connectivity index (χ2v) is 6.19. The predicted octanol–water partition coefficient (Wildman–Crippen LogP) is 2.44. The maximum Gasteiger partial charge on any atom is 0.227 e. The number of pyridine rings is 1. The maximum atomic E-state index is 12.6. The van der Waals surface area contributed by atoms with Crippen molar-refractivity contribution in [2.45, 2.75) is 51.3 Å². The molecule has 0 spiro atoms. The SMILES string of the molecule is CCn1cc([C@H]2OCCC[C@@H]2NC(=O)C(C)c2cccnc2)cn1. The van der Waals surface area contributed by atoms with E-state index in [1.165, 1.54) is 0 Å². The predicted molar refractivity (Wildman–Crippen MR) is 90.4 cm³/mol. The normalized spacial score (nSPS) is 22.1. The molecule has 128 valence electrons. The molecular formula is C18H24N4O2. The molecule has 0 aliphatic carbocycles. The van der Waals surface area contributed by atoms with Crippen molar-refractivity contribution in [3.05, 3.63) is 48.0 Å². The van der Waals surface area contributed by atoms with Gasteiger partial charge in [-0.2, -0.15) is 5.10 Å². The second-order valence-electron chi connectivity index (χ2n) is 6.19. The third-order valence-electron chi connectivity index (χ3n) is 4.53. The van der Waals surface area contributed by atoms with Gasteiger partial charge >= 0.3 is 0 Å². The Morgan fingerprint density at radius 1 is 1.50 bits per heavy atom. The van der Waals surface area contributed by atoms with Crippen molar-refractivity contribution in [1.82, 2.24) is 20.1 Å². The summed E-state index contributed by atoms with van der Waals surface area (Å²) in [4.78, 5) is 16.7. The third-order valence-corrected chi connectivity index (χ3v) is 4.53. The number of carbonyl (C=O) groups excluding carboxylic acids is 1. The van der Waals surface area contributed by atoms with Crippen LogP contribution in [0.2, 0.25) is 0 Å². The third kappa shape index (κ3) is 3.64. The summed E-state index contributed by atoms with van der Waals surface area (Å²) in [6.07, 6.45) is 9.01. The van der Waals surface area contributed by atoms with Crippen molar-refractivity contribution in [1.29, 1.82) is 0 Å². The highest BCUT2D eigenvalue weighted by atomic mass is 16.5. The molecule has 1 fully saturated rings. The van der Waals surface area contributed by atoms with E-state index < -0.39 is 0 Å². The van der Waals surface area contributed by atoms with Crippen molar-refractivity contribution in [2.75, 3.05) is 6.61 Å². The van der Waals surface area contributed by atoms with Gasteiger partial charge < -0.3 is 10.1 Å². The Bertz CT molecular complexity index is 671. The van der Waals surface area contributed by atoms with Gasteiger partial charge in [-0.25, -0.2) is 0 Å². The zero-order valence-corrected chi connectivity index (χ0v) is 14.2. The number of ether oxygens (including phenoxy) is 1. The first kappa shape index (κ1) is 16.6. The number of carbonyl (C=O) groups is 1. The molecule has 3 atom stereocenters. The summed E-state index contributed by atoms with van der Waals surface area (Å²) in [7, 11) is 0. The standard InChI is InChI=1S/C18H24N4O2/c1-3-22-12-15(11-20-22)17-16(7-5-9-24-17)21-18(23)13(2)14-6-4-8-19-10-14/h4,6,8,10-13,16-17H,3,5,7,9H2,1-2H3,(H,21,23)/t13?,16-,17+/m0/s1. The van der Waals surface area contributed by atoms with Gasteiger partial charge in [-0.3, -0.25) is 14.5 Å². The fraction of sp³-hybridized carbons (Fsp3) is 0.500. The average Bonchev–Trinajstić information content (AvgIpc) is 3.11. The number of amides is 1. The number of nitrogens with one attached hydrogen (secondary N) is 1. The molecule has 1 amide bonds. The number of nitrogens with zero attached hydrogens (tertiary/aromatic N) is 3. The Labute approximate surface area is 142 Å². The van der Waals surface area contributed by atoms with Crippen LogP contribution in [0.5, 0.6) is 0 Å². The molecular weight excluding hydrogens is 304 g/mol. The van der Waals surface area contributed by atoms with Crippen LogP contribution in [0, 0.1) is 0 Å². The van der Waals surface area contributed by atoms with Crippen molar-refractivity contribution in [3.63, 3.8) is 0 Å². The van der Waals surface area contributed by atoms with Crippen LogP contribution < -0.4 is 5.32 Å². The summed E-state index contributed by atoms with van der Waals surface area (Å²) in [5.74, 6) is -0.231. The highest BCUT2D eigenvalue weighted by molar-refractivity contribution is 5.83. The molecule has 1 N–H and O–H groups in total. The van der Waals surface area contributed by atoms with Crippen molar-refractivity contribution >= 4 is 5.91 Å². The molecule has 6 heteroatoms.